The maximum absolute atomic E-state index is 12.7. The second-order valence-corrected chi connectivity index (χ2v) is 3.76. The highest BCUT2D eigenvalue weighted by atomic mass is 19.4. The molecule has 0 bridgehead atoms. The van der Waals surface area contributed by atoms with Crippen LogP contribution in [0.4, 0.5) is 24.5 Å². The number of nitro groups is 1. The van der Waals surface area contributed by atoms with Crippen molar-refractivity contribution >= 4 is 17.3 Å². The molecule has 1 aromatic carbocycles. The number of primary amides is 1. The van der Waals surface area contributed by atoms with Crippen molar-refractivity contribution in [2.24, 2.45) is 5.73 Å². The molecule has 0 spiro atoms. The summed E-state index contributed by atoms with van der Waals surface area (Å²) < 4.78 is 38.0. The normalized spacial score (nSPS) is 12.8. The third-order valence-corrected chi connectivity index (χ3v) is 2.31. The van der Waals surface area contributed by atoms with E-state index in [0.717, 1.165) is 12.1 Å². The predicted molar refractivity (Wildman–Crippen MR) is 60.4 cm³/mol. The number of rotatable bonds is 4. The lowest BCUT2D eigenvalue weighted by Crippen LogP contribution is -2.32. The molecule has 0 aliphatic heterocycles. The van der Waals surface area contributed by atoms with Gasteiger partial charge in [-0.25, -0.2) is 0 Å². The summed E-state index contributed by atoms with van der Waals surface area (Å²) in [5.41, 5.74) is 2.43. The number of nitrogens with one attached hydrogen (secondary N) is 1. The summed E-state index contributed by atoms with van der Waals surface area (Å²) in [6.45, 7) is 1.36. The molecule has 1 aromatic rings. The van der Waals surface area contributed by atoms with Crippen molar-refractivity contribution in [3.8, 4) is 0 Å². The summed E-state index contributed by atoms with van der Waals surface area (Å²) in [7, 11) is 0. The zero-order valence-corrected chi connectivity index (χ0v) is 9.69. The van der Waals surface area contributed by atoms with Crippen LogP contribution in [0, 0.1) is 10.1 Å². The van der Waals surface area contributed by atoms with Gasteiger partial charge in [0.05, 0.1) is 4.92 Å². The molecule has 1 amide bonds. The summed E-state index contributed by atoms with van der Waals surface area (Å²) in [6, 6.07) is 1.46. The number of hydrogen-bond donors (Lipinski definition) is 2. The SMILES string of the molecule is C[C@H](Nc1ccc([N+](=O)[O-])c(C(F)(F)F)c1)C(N)=O. The highest BCUT2D eigenvalue weighted by Crippen LogP contribution is 2.37. The number of nitro benzene ring substituents is 1. The number of nitrogens with two attached hydrogens (primary N) is 1. The van der Waals surface area contributed by atoms with Crippen molar-refractivity contribution in [1.82, 2.24) is 0 Å². The first kappa shape index (κ1) is 14.7. The van der Waals surface area contributed by atoms with Crippen molar-refractivity contribution in [3.63, 3.8) is 0 Å². The Morgan fingerprint density at radius 1 is 1.47 bits per heavy atom. The van der Waals surface area contributed by atoms with E-state index in [2.05, 4.69) is 5.32 Å². The number of amides is 1. The van der Waals surface area contributed by atoms with Gasteiger partial charge in [0.15, 0.2) is 0 Å². The van der Waals surface area contributed by atoms with Crippen LogP contribution in [0.15, 0.2) is 18.2 Å². The molecule has 0 saturated carbocycles. The van der Waals surface area contributed by atoms with E-state index in [0.29, 0.717) is 6.07 Å². The molecule has 0 aliphatic rings. The van der Waals surface area contributed by atoms with Gasteiger partial charge in [0.2, 0.25) is 5.91 Å². The molecule has 9 heteroatoms. The number of hydrogen-bond acceptors (Lipinski definition) is 4. The minimum absolute atomic E-state index is 0.0794. The minimum Gasteiger partial charge on any atom is -0.374 e. The van der Waals surface area contributed by atoms with Gasteiger partial charge in [0.25, 0.3) is 5.69 Å². The fourth-order valence-corrected chi connectivity index (χ4v) is 1.33. The molecule has 0 unspecified atom stereocenters. The fourth-order valence-electron chi connectivity index (χ4n) is 1.33. The van der Waals surface area contributed by atoms with Gasteiger partial charge in [-0.3, -0.25) is 14.9 Å². The number of halogens is 3. The van der Waals surface area contributed by atoms with Crippen LogP contribution in [-0.4, -0.2) is 16.9 Å². The zero-order valence-electron chi connectivity index (χ0n) is 9.69. The highest BCUT2D eigenvalue weighted by molar-refractivity contribution is 5.82. The molecule has 19 heavy (non-hydrogen) atoms. The summed E-state index contributed by atoms with van der Waals surface area (Å²) >= 11 is 0. The first-order valence-electron chi connectivity index (χ1n) is 5.04. The zero-order chi connectivity index (χ0) is 14.8. The van der Waals surface area contributed by atoms with Crippen molar-refractivity contribution < 1.29 is 22.9 Å². The Morgan fingerprint density at radius 3 is 2.47 bits per heavy atom. The van der Waals surface area contributed by atoms with Crippen LogP contribution in [0.2, 0.25) is 0 Å². The van der Waals surface area contributed by atoms with Gasteiger partial charge in [-0.15, -0.1) is 0 Å². The third-order valence-electron chi connectivity index (χ3n) is 2.31. The van der Waals surface area contributed by atoms with E-state index in [4.69, 9.17) is 5.73 Å². The molecular formula is C10H10F3N3O3. The van der Waals surface area contributed by atoms with E-state index in [1.54, 1.807) is 0 Å². The summed E-state index contributed by atoms with van der Waals surface area (Å²) in [6.07, 6.45) is -4.87. The van der Waals surface area contributed by atoms with Crippen LogP contribution in [0.1, 0.15) is 12.5 Å². The van der Waals surface area contributed by atoms with Crippen molar-refractivity contribution in [2.45, 2.75) is 19.1 Å². The minimum atomic E-state index is -4.87. The second-order valence-electron chi connectivity index (χ2n) is 3.76. The summed E-state index contributed by atoms with van der Waals surface area (Å²) in [5.74, 6) is -0.757. The van der Waals surface area contributed by atoms with Gasteiger partial charge < -0.3 is 11.1 Å². The lowest BCUT2D eigenvalue weighted by atomic mass is 10.1. The monoisotopic (exact) mass is 277 g/mol. The van der Waals surface area contributed by atoms with Crippen LogP contribution in [0.5, 0.6) is 0 Å². The standard InChI is InChI=1S/C10H10F3N3O3/c1-5(9(14)17)15-6-2-3-8(16(18)19)7(4-6)10(11,12)13/h2-5,15H,1H3,(H2,14,17)/t5-/m0/s1. The molecule has 0 aliphatic carbocycles. The van der Waals surface area contributed by atoms with E-state index >= 15 is 0 Å². The number of carbonyl (C=O) groups is 1. The molecule has 6 nitrogen and oxygen atoms in total. The van der Waals surface area contributed by atoms with Crippen LogP contribution in [0.25, 0.3) is 0 Å². The van der Waals surface area contributed by atoms with Crippen LogP contribution in [-0.2, 0) is 11.0 Å². The maximum Gasteiger partial charge on any atom is 0.423 e. The topological polar surface area (TPSA) is 98.3 Å². The van der Waals surface area contributed by atoms with E-state index in [-0.39, 0.29) is 5.69 Å². The lowest BCUT2D eigenvalue weighted by molar-refractivity contribution is -0.388. The van der Waals surface area contributed by atoms with Gasteiger partial charge in [-0.2, -0.15) is 13.2 Å². The number of alkyl halides is 3. The molecule has 0 aromatic heterocycles. The van der Waals surface area contributed by atoms with E-state index in [1.165, 1.54) is 6.92 Å². The lowest BCUT2D eigenvalue weighted by Gasteiger charge is -2.14. The van der Waals surface area contributed by atoms with Gasteiger partial charge in [-0.05, 0) is 19.1 Å². The number of carbonyl (C=O) groups excluding carboxylic acids is 1. The van der Waals surface area contributed by atoms with Crippen LogP contribution < -0.4 is 11.1 Å². The summed E-state index contributed by atoms with van der Waals surface area (Å²) in [4.78, 5) is 20.2. The molecule has 0 fully saturated rings. The van der Waals surface area contributed by atoms with Crippen molar-refractivity contribution in [2.75, 3.05) is 5.32 Å². The predicted octanol–water partition coefficient (Wildman–Crippen LogP) is 1.90. The van der Waals surface area contributed by atoms with Gasteiger partial charge in [-0.1, -0.05) is 0 Å². The first-order valence-corrected chi connectivity index (χ1v) is 5.04. The molecule has 0 saturated heterocycles. The van der Waals surface area contributed by atoms with E-state index < -0.39 is 34.3 Å². The van der Waals surface area contributed by atoms with Crippen LogP contribution >= 0.6 is 0 Å². The molecule has 0 heterocycles. The summed E-state index contributed by atoms with van der Waals surface area (Å²) in [5, 5.41) is 12.9. The Balaban J connectivity index is 3.19. The molecule has 0 radical (unpaired) electrons. The van der Waals surface area contributed by atoms with Crippen molar-refractivity contribution in [3.05, 3.63) is 33.9 Å². The second kappa shape index (κ2) is 5.12. The van der Waals surface area contributed by atoms with Gasteiger partial charge in [0.1, 0.15) is 11.6 Å². The Labute approximate surface area is 105 Å². The van der Waals surface area contributed by atoms with Crippen LogP contribution in [0.3, 0.4) is 0 Å². The molecular weight excluding hydrogens is 267 g/mol. The molecule has 3 N–H and O–H groups in total. The molecule has 1 atom stereocenters. The fraction of sp³-hybridized carbons (Fsp3) is 0.300. The molecule has 104 valence electrons. The average Bonchev–Trinajstić information content (AvgIpc) is 2.27. The first-order chi connectivity index (χ1) is 8.62. The quantitative estimate of drug-likeness (QED) is 0.648. The number of benzene rings is 1. The Hall–Kier alpha value is -2.32. The highest BCUT2D eigenvalue weighted by Gasteiger charge is 2.38. The smallest absolute Gasteiger partial charge is 0.374 e. The Kier molecular flexibility index (Phi) is 3.98. The van der Waals surface area contributed by atoms with Gasteiger partial charge in [0, 0.05) is 11.8 Å². The number of nitrogens with zero attached hydrogens (tertiary/aromatic N) is 1. The Morgan fingerprint density at radius 2 is 2.05 bits per heavy atom. The largest absolute Gasteiger partial charge is 0.423 e. The Bertz CT molecular complexity index is 516. The average molecular weight is 277 g/mol. The van der Waals surface area contributed by atoms with E-state index in [9.17, 15) is 28.1 Å². The van der Waals surface area contributed by atoms with E-state index in [1.807, 2.05) is 0 Å². The molecule has 1 rings (SSSR count). The van der Waals surface area contributed by atoms with Gasteiger partial charge >= 0.3 is 6.18 Å². The van der Waals surface area contributed by atoms with Crippen molar-refractivity contribution in [1.29, 1.82) is 0 Å². The maximum atomic E-state index is 12.7. The number of anilines is 1. The third kappa shape index (κ3) is 3.57.